The van der Waals surface area contributed by atoms with Gasteiger partial charge in [-0.15, -0.1) is 0 Å². The molecule has 0 aliphatic carbocycles. The first kappa shape index (κ1) is 42.2. The Kier molecular flexibility index (Phi) is 14.3. The monoisotopic (exact) mass is 803 g/mol. The van der Waals surface area contributed by atoms with E-state index in [1.165, 1.54) is 38.9 Å². The molecule has 0 unspecified atom stereocenters. The maximum atomic E-state index is 14.0. The predicted octanol–water partition coefficient (Wildman–Crippen LogP) is 2.99. The average Bonchev–Trinajstić information content (AvgIpc) is 3.55. The van der Waals surface area contributed by atoms with Crippen LogP contribution in [0.1, 0.15) is 53.4 Å². The lowest BCUT2D eigenvalue weighted by Gasteiger charge is -2.25. The molecule has 4 amide bonds. The number of hydrogen-bond acceptors (Lipinski definition) is 10. The fourth-order valence-corrected chi connectivity index (χ4v) is 7.88. The molecule has 4 bridgehead atoms. The summed E-state index contributed by atoms with van der Waals surface area (Å²) in [5.41, 5.74) is 2.32. The highest BCUT2D eigenvalue weighted by molar-refractivity contribution is 7.89. The molecule has 2 aliphatic rings. The molecule has 17 heteroatoms. The number of benzene rings is 3. The normalized spacial score (nSPS) is 18.2. The average molecular weight is 804 g/mol. The number of aryl methyl sites for hydroxylation is 3. The largest absolute Gasteiger partial charge is 0.496 e. The maximum absolute atomic E-state index is 14.0. The van der Waals surface area contributed by atoms with Gasteiger partial charge in [0, 0.05) is 43.9 Å². The Balaban J connectivity index is 1.44. The molecule has 3 aromatic carbocycles. The van der Waals surface area contributed by atoms with E-state index in [0.29, 0.717) is 46.9 Å². The molecule has 1 aromatic heterocycles. The van der Waals surface area contributed by atoms with Gasteiger partial charge in [-0.25, -0.2) is 8.42 Å². The summed E-state index contributed by atoms with van der Waals surface area (Å²) in [6.45, 7) is 2.77. The Morgan fingerprint density at radius 3 is 2.33 bits per heavy atom. The predicted molar refractivity (Wildman–Crippen MR) is 210 cm³/mol. The number of ether oxygens (including phenoxy) is 3. The molecular formula is C40H49N7O9S. The van der Waals surface area contributed by atoms with Crippen LogP contribution in [0.25, 0.3) is 0 Å². The van der Waals surface area contributed by atoms with Gasteiger partial charge in [0.25, 0.3) is 15.9 Å². The van der Waals surface area contributed by atoms with E-state index in [1.807, 2.05) is 30.3 Å². The smallest absolute Gasteiger partial charge is 0.260 e. The van der Waals surface area contributed by atoms with Gasteiger partial charge >= 0.3 is 0 Å². The van der Waals surface area contributed by atoms with Crippen molar-refractivity contribution in [1.29, 1.82) is 0 Å². The summed E-state index contributed by atoms with van der Waals surface area (Å²) in [7, 11) is 0.219. The van der Waals surface area contributed by atoms with Gasteiger partial charge in [0.1, 0.15) is 23.6 Å². The lowest BCUT2D eigenvalue weighted by atomic mass is 10.0. The summed E-state index contributed by atoms with van der Waals surface area (Å²) >= 11 is 0. The SMILES string of the molecule is COc1cc2ccc1CNC(=O)[C@H](C)NC(=O)[C@H](CCc1ccccc1)NC(=O)CN(S(=O)(=O)c1cc(C)nn1C)CCCCNC(=O)c1ccc(OC)c(c1)O2. The van der Waals surface area contributed by atoms with E-state index in [1.54, 1.807) is 43.3 Å². The number of fused-ring (bicyclic) bond motifs is 18. The zero-order chi connectivity index (χ0) is 41.1. The fraction of sp³-hybridized carbons (Fsp3) is 0.375. The van der Waals surface area contributed by atoms with E-state index in [-0.39, 0.29) is 49.2 Å². The van der Waals surface area contributed by atoms with Gasteiger partial charge in [-0.1, -0.05) is 30.3 Å². The number of aromatic nitrogens is 2. The number of hydrogen-bond donors (Lipinski definition) is 4. The van der Waals surface area contributed by atoms with Crippen molar-refractivity contribution in [3.63, 3.8) is 0 Å². The van der Waals surface area contributed by atoms with Crippen molar-refractivity contribution in [1.82, 2.24) is 35.4 Å². The van der Waals surface area contributed by atoms with E-state index in [0.717, 1.165) is 9.87 Å². The number of carbonyl (C=O) groups excluding carboxylic acids is 4. The van der Waals surface area contributed by atoms with Crippen LogP contribution < -0.4 is 35.5 Å². The molecule has 2 atom stereocenters. The Labute approximate surface area is 332 Å². The Bertz CT molecular complexity index is 2180. The van der Waals surface area contributed by atoms with Gasteiger partial charge in [0.2, 0.25) is 17.7 Å². The Morgan fingerprint density at radius 1 is 0.877 bits per heavy atom. The number of amides is 4. The van der Waals surface area contributed by atoms with Gasteiger partial charge in [0.05, 0.1) is 26.5 Å². The first-order valence-corrected chi connectivity index (χ1v) is 20.0. The summed E-state index contributed by atoms with van der Waals surface area (Å²) in [5.74, 6) is -0.753. The van der Waals surface area contributed by atoms with Crippen LogP contribution in [0.3, 0.4) is 0 Å². The van der Waals surface area contributed by atoms with Gasteiger partial charge in [0.15, 0.2) is 16.5 Å². The quantitative estimate of drug-likeness (QED) is 0.202. The zero-order valence-corrected chi connectivity index (χ0v) is 33.5. The molecule has 0 saturated heterocycles. The summed E-state index contributed by atoms with van der Waals surface area (Å²) in [5, 5.41) is 15.2. The minimum atomic E-state index is -4.24. The molecular weight excluding hydrogens is 755 g/mol. The third-order valence-electron chi connectivity index (χ3n) is 9.34. The van der Waals surface area contributed by atoms with E-state index < -0.39 is 46.4 Å². The molecule has 0 saturated carbocycles. The second kappa shape index (κ2) is 19.3. The lowest BCUT2D eigenvalue weighted by Crippen LogP contribution is -2.54. The van der Waals surface area contributed by atoms with E-state index >= 15 is 0 Å². The first-order valence-electron chi connectivity index (χ1n) is 18.5. The van der Waals surface area contributed by atoms with Gasteiger partial charge < -0.3 is 35.5 Å². The summed E-state index contributed by atoms with van der Waals surface area (Å²) in [4.78, 5) is 53.9. The van der Waals surface area contributed by atoms with Crippen molar-refractivity contribution in [3.05, 3.63) is 95.2 Å². The standard InChI is InChI=1S/C40H49N7O9S/c1-26-21-37(46(3)45-26)57(52,53)47-20-10-9-19-41-39(50)29-15-18-33(54-4)35(22-29)56-31-16-14-30(34(23-31)55-5)24-42-38(49)27(2)43-40(51)32(44-36(48)25-47)17-13-28-11-7-6-8-12-28/h6-8,11-12,14-16,18,21-23,27,32H,9-10,13,17,19-20,24-25H2,1-5H3,(H,41,50)(H,42,49)(H,43,51)(H,44,48)/t27-,32-/m0/s1. The molecule has 0 fully saturated rings. The molecule has 4 aromatic rings. The number of carbonyl (C=O) groups is 4. The third-order valence-corrected chi connectivity index (χ3v) is 11.2. The van der Waals surface area contributed by atoms with Crippen molar-refractivity contribution in [2.45, 2.75) is 63.2 Å². The van der Waals surface area contributed by atoms with E-state index in [9.17, 15) is 27.6 Å². The third kappa shape index (κ3) is 11.1. The summed E-state index contributed by atoms with van der Waals surface area (Å²) in [6.07, 6.45) is 1.24. The highest BCUT2D eigenvalue weighted by Crippen LogP contribution is 2.35. The molecule has 3 heterocycles. The Morgan fingerprint density at radius 2 is 1.63 bits per heavy atom. The first-order chi connectivity index (χ1) is 27.3. The molecule has 16 nitrogen and oxygen atoms in total. The number of rotatable bonds is 7. The summed E-state index contributed by atoms with van der Waals surface area (Å²) in [6, 6.07) is 18.5. The van der Waals surface area contributed by atoms with Gasteiger partial charge in [-0.05, 0) is 81.5 Å². The minimum absolute atomic E-state index is 0.0517. The zero-order valence-electron chi connectivity index (χ0n) is 32.7. The topological polar surface area (TPSA) is 199 Å². The van der Waals surface area contributed by atoms with Crippen molar-refractivity contribution in [3.8, 4) is 23.0 Å². The lowest BCUT2D eigenvalue weighted by molar-refractivity contribution is -0.132. The van der Waals surface area contributed by atoms with Gasteiger partial charge in [-0.3, -0.25) is 23.9 Å². The number of sulfonamides is 1. The Hall–Kier alpha value is -5.94. The number of nitrogens with one attached hydrogen (secondary N) is 4. The van der Waals surface area contributed by atoms with E-state index in [2.05, 4.69) is 26.4 Å². The number of nitrogens with zero attached hydrogens (tertiary/aromatic N) is 3. The fourth-order valence-electron chi connectivity index (χ4n) is 6.26. The molecule has 0 spiro atoms. The van der Waals surface area contributed by atoms with Crippen LogP contribution in [0.5, 0.6) is 23.0 Å². The highest BCUT2D eigenvalue weighted by Gasteiger charge is 2.31. The second-order valence-electron chi connectivity index (χ2n) is 13.6. The van der Waals surface area contributed by atoms with Crippen LogP contribution in [-0.2, 0) is 44.4 Å². The van der Waals surface area contributed by atoms with Gasteiger partial charge in [-0.2, -0.15) is 9.40 Å². The molecule has 57 heavy (non-hydrogen) atoms. The van der Waals surface area contributed by atoms with Crippen molar-refractivity contribution >= 4 is 33.7 Å². The maximum Gasteiger partial charge on any atom is 0.260 e. The van der Waals surface area contributed by atoms with E-state index in [4.69, 9.17) is 14.2 Å². The number of methoxy groups -OCH3 is 2. The minimum Gasteiger partial charge on any atom is -0.496 e. The van der Waals surface area contributed by atoms with Crippen LogP contribution in [0.4, 0.5) is 0 Å². The molecule has 6 rings (SSSR count). The van der Waals surface area contributed by atoms with Crippen LogP contribution in [0.2, 0.25) is 0 Å². The molecule has 0 radical (unpaired) electrons. The highest BCUT2D eigenvalue weighted by atomic mass is 32.2. The van der Waals surface area contributed by atoms with Crippen LogP contribution in [0, 0.1) is 6.92 Å². The van der Waals surface area contributed by atoms with Crippen LogP contribution >= 0.6 is 0 Å². The second-order valence-corrected chi connectivity index (χ2v) is 15.5. The van der Waals surface area contributed by atoms with Crippen LogP contribution in [0.15, 0.2) is 77.8 Å². The van der Waals surface area contributed by atoms with Crippen LogP contribution in [-0.4, -0.2) is 92.1 Å². The molecule has 4 N–H and O–H groups in total. The molecule has 2 aliphatic heterocycles. The van der Waals surface area contributed by atoms with Crippen molar-refractivity contribution < 1.29 is 41.8 Å². The van der Waals surface area contributed by atoms with Crippen molar-refractivity contribution in [2.75, 3.05) is 33.9 Å². The molecule has 304 valence electrons. The summed E-state index contributed by atoms with van der Waals surface area (Å²) < 4.78 is 47.4. The van der Waals surface area contributed by atoms with Crippen molar-refractivity contribution in [2.24, 2.45) is 7.05 Å².